The van der Waals surface area contributed by atoms with E-state index in [9.17, 15) is 5.21 Å². The summed E-state index contributed by atoms with van der Waals surface area (Å²) in [6, 6.07) is 5.60. The van der Waals surface area contributed by atoms with Crippen LogP contribution < -0.4 is 14.5 Å². The quantitative estimate of drug-likeness (QED) is 0.745. The minimum absolute atomic E-state index is 0.118. The number of hydrogen-bond acceptors (Lipinski definition) is 3. The third kappa shape index (κ3) is 2.29. The predicted molar refractivity (Wildman–Crippen MR) is 56.5 cm³/mol. The van der Waals surface area contributed by atoms with Crippen molar-refractivity contribution >= 4 is 6.08 Å². The predicted octanol–water partition coefficient (Wildman–Crippen LogP) is 0.789. The minimum atomic E-state index is 0.118. The molecule has 1 atom stereocenters. The van der Waals surface area contributed by atoms with Gasteiger partial charge >= 0.3 is 0 Å². The molecule has 1 N–H and O–H groups in total. The zero-order valence-corrected chi connectivity index (χ0v) is 8.53. The van der Waals surface area contributed by atoms with Crippen LogP contribution in [0, 0.1) is 5.21 Å². The highest BCUT2D eigenvalue weighted by molar-refractivity contribution is 5.55. The van der Waals surface area contributed by atoms with E-state index in [4.69, 9.17) is 9.47 Å². The molecule has 1 unspecified atom stereocenters. The molecule has 0 saturated heterocycles. The Hall–Kier alpha value is -1.52. The lowest BCUT2D eigenvalue weighted by Crippen LogP contribution is -3.01. The number of hydroxylamine groups is 2. The SMILES string of the molecule is CC[NH+]([O-])/C=C/c1ccc2c(c1)OCO2. The van der Waals surface area contributed by atoms with Crippen molar-refractivity contribution in [2.24, 2.45) is 0 Å². The van der Waals surface area contributed by atoms with Gasteiger partial charge in [-0.15, -0.1) is 0 Å². The summed E-state index contributed by atoms with van der Waals surface area (Å²) in [6.45, 7) is 2.64. The molecule has 1 aliphatic rings. The first-order valence-corrected chi connectivity index (χ1v) is 4.90. The largest absolute Gasteiger partial charge is 0.629 e. The Morgan fingerprint density at radius 3 is 3.00 bits per heavy atom. The van der Waals surface area contributed by atoms with Gasteiger partial charge in [0.15, 0.2) is 11.5 Å². The molecule has 0 aromatic heterocycles. The second-order valence-electron chi connectivity index (χ2n) is 3.27. The summed E-state index contributed by atoms with van der Waals surface area (Å²) >= 11 is 0. The van der Waals surface area contributed by atoms with Gasteiger partial charge in [0.25, 0.3) is 0 Å². The van der Waals surface area contributed by atoms with Crippen molar-refractivity contribution in [1.82, 2.24) is 0 Å². The first kappa shape index (κ1) is 10.0. The molecule has 1 aliphatic heterocycles. The Labute approximate surface area is 88.3 Å². The molecule has 80 valence electrons. The highest BCUT2D eigenvalue weighted by atomic mass is 16.7. The summed E-state index contributed by atoms with van der Waals surface area (Å²) in [5, 5.41) is 11.2. The van der Waals surface area contributed by atoms with Crippen molar-refractivity contribution in [1.29, 1.82) is 0 Å². The van der Waals surface area contributed by atoms with Crippen molar-refractivity contribution in [3.8, 4) is 11.5 Å². The van der Waals surface area contributed by atoms with E-state index in [1.807, 2.05) is 25.1 Å². The topological polar surface area (TPSA) is 46.0 Å². The minimum Gasteiger partial charge on any atom is -0.629 e. The molecule has 15 heavy (non-hydrogen) atoms. The normalized spacial score (nSPS) is 15.9. The fourth-order valence-corrected chi connectivity index (χ4v) is 1.32. The van der Waals surface area contributed by atoms with E-state index < -0.39 is 0 Å². The molecule has 1 aromatic rings. The van der Waals surface area contributed by atoms with Gasteiger partial charge in [-0.2, -0.15) is 0 Å². The van der Waals surface area contributed by atoms with Gasteiger partial charge in [0.05, 0.1) is 12.7 Å². The molecule has 0 saturated carbocycles. The van der Waals surface area contributed by atoms with Gasteiger partial charge in [-0.05, 0) is 30.7 Å². The Morgan fingerprint density at radius 1 is 1.40 bits per heavy atom. The van der Waals surface area contributed by atoms with Crippen LogP contribution in [-0.4, -0.2) is 13.3 Å². The van der Waals surface area contributed by atoms with E-state index in [2.05, 4.69) is 0 Å². The third-order valence-corrected chi connectivity index (χ3v) is 2.21. The van der Waals surface area contributed by atoms with Crippen LogP contribution in [0.15, 0.2) is 24.4 Å². The second kappa shape index (κ2) is 4.33. The zero-order chi connectivity index (χ0) is 10.7. The number of hydrogen-bond donors (Lipinski definition) is 1. The molecular formula is C11H13NO3. The van der Waals surface area contributed by atoms with Crippen molar-refractivity contribution in [2.45, 2.75) is 6.92 Å². The maximum Gasteiger partial charge on any atom is 0.231 e. The van der Waals surface area contributed by atoms with Crippen LogP contribution in [-0.2, 0) is 0 Å². The standard InChI is InChI=1S/C11H13NO3/c1-2-12(13)6-5-9-3-4-10-11(7-9)15-8-14-10/h3-7,12H,2,8H2,1H3/b6-5+. The molecule has 2 rings (SSSR count). The first-order valence-electron chi connectivity index (χ1n) is 4.90. The van der Waals surface area contributed by atoms with E-state index >= 15 is 0 Å². The van der Waals surface area contributed by atoms with Crippen molar-refractivity contribution in [3.05, 3.63) is 35.2 Å². The van der Waals surface area contributed by atoms with Gasteiger partial charge in [-0.3, -0.25) is 0 Å². The van der Waals surface area contributed by atoms with Crippen LogP contribution in [0.25, 0.3) is 6.08 Å². The lowest BCUT2D eigenvalue weighted by atomic mass is 10.2. The smallest absolute Gasteiger partial charge is 0.231 e. The Balaban J connectivity index is 2.13. The number of fused-ring (bicyclic) bond motifs is 1. The van der Waals surface area contributed by atoms with Crippen LogP contribution in [0.3, 0.4) is 0 Å². The lowest BCUT2D eigenvalue weighted by molar-refractivity contribution is -0.787. The van der Waals surface area contributed by atoms with E-state index in [1.54, 1.807) is 12.3 Å². The van der Waals surface area contributed by atoms with E-state index in [1.165, 1.54) is 0 Å². The average molecular weight is 207 g/mol. The monoisotopic (exact) mass is 207 g/mol. The number of nitrogens with one attached hydrogen (secondary N) is 1. The Kier molecular flexibility index (Phi) is 2.89. The molecular weight excluding hydrogens is 194 g/mol. The number of quaternary nitrogens is 1. The highest BCUT2D eigenvalue weighted by Crippen LogP contribution is 2.32. The maximum absolute atomic E-state index is 11.1. The van der Waals surface area contributed by atoms with Crippen LogP contribution in [0.5, 0.6) is 11.5 Å². The molecule has 0 aliphatic carbocycles. The molecule has 0 bridgehead atoms. The summed E-state index contributed by atoms with van der Waals surface area (Å²) in [7, 11) is 0. The lowest BCUT2D eigenvalue weighted by Gasteiger charge is -2.13. The summed E-state index contributed by atoms with van der Waals surface area (Å²) < 4.78 is 10.4. The van der Waals surface area contributed by atoms with E-state index in [-0.39, 0.29) is 11.9 Å². The Morgan fingerprint density at radius 2 is 2.20 bits per heavy atom. The maximum atomic E-state index is 11.1. The molecule has 0 fully saturated rings. The van der Waals surface area contributed by atoms with Crippen LogP contribution in [0.4, 0.5) is 0 Å². The van der Waals surface area contributed by atoms with E-state index in [0.29, 0.717) is 6.54 Å². The van der Waals surface area contributed by atoms with Gasteiger partial charge in [0.1, 0.15) is 0 Å². The van der Waals surface area contributed by atoms with Gasteiger partial charge in [-0.1, -0.05) is 6.07 Å². The first-order chi connectivity index (χ1) is 7.29. The van der Waals surface area contributed by atoms with Crippen molar-refractivity contribution in [3.63, 3.8) is 0 Å². The van der Waals surface area contributed by atoms with E-state index in [0.717, 1.165) is 17.1 Å². The summed E-state index contributed by atoms with van der Waals surface area (Å²) in [4.78, 5) is 0. The molecule has 0 spiro atoms. The summed E-state index contributed by atoms with van der Waals surface area (Å²) in [5.74, 6) is 1.50. The molecule has 4 nitrogen and oxygen atoms in total. The van der Waals surface area contributed by atoms with Crippen molar-refractivity contribution < 1.29 is 14.5 Å². The molecule has 1 aromatic carbocycles. The summed E-state index contributed by atoms with van der Waals surface area (Å²) in [5.41, 5.74) is 0.945. The molecule has 4 heteroatoms. The number of benzene rings is 1. The summed E-state index contributed by atoms with van der Waals surface area (Å²) in [6.07, 6.45) is 3.37. The van der Waals surface area contributed by atoms with Gasteiger partial charge in [-0.25, -0.2) is 0 Å². The number of rotatable bonds is 3. The molecule has 1 heterocycles. The fourth-order valence-electron chi connectivity index (χ4n) is 1.32. The third-order valence-electron chi connectivity index (χ3n) is 2.21. The second-order valence-corrected chi connectivity index (χ2v) is 3.27. The zero-order valence-electron chi connectivity index (χ0n) is 8.53. The Bertz CT molecular complexity index is 376. The highest BCUT2D eigenvalue weighted by Gasteiger charge is 2.12. The van der Waals surface area contributed by atoms with Gasteiger partial charge < -0.3 is 19.7 Å². The van der Waals surface area contributed by atoms with Crippen LogP contribution >= 0.6 is 0 Å². The molecule has 0 radical (unpaired) electrons. The fraction of sp³-hybridized carbons (Fsp3) is 0.273. The number of ether oxygens (including phenoxy) is 2. The van der Waals surface area contributed by atoms with Crippen LogP contribution in [0.2, 0.25) is 0 Å². The van der Waals surface area contributed by atoms with Crippen LogP contribution in [0.1, 0.15) is 12.5 Å². The van der Waals surface area contributed by atoms with Gasteiger partial charge in [0, 0.05) is 0 Å². The average Bonchev–Trinajstić information content (AvgIpc) is 2.72. The molecule has 0 amide bonds. The van der Waals surface area contributed by atoms with Crippen molar-refractivity contribution in [2.75, 3.05) is 13.3 Å². The van der Waals surface area contributed by atoms with Gasteiger partial charge in [0.2, 0.25) is 6.79 Å².